The maximum Gasteiger partial charge on any atom is 0.416 e. The predicted molar refractivity (Wildman–Crippen MR) is 165 cm³/mol. The van der Waals surface area contributed by atoms with Crippen LogP contribution in [0.1, 0.15) is 26.7 Å². The van der Waals surface area contributed by atoms with Crippen molar-refractivity contribution in [1.82, 2.24) is 9.97 Å². The van der Waals surface area contributed by atoms with Crippen molar-refractivity contribution in [3.8, 4) is 21.7 Å². The molecule has 1 amide bonds. The number of aliphatic hydroxyl groups excluding tert-OH is 1. The zero-order valence-corrected chi connectivity index (χ0v) is 24.9. The van der Waals surface area contributed by atoms with Gasteiger partial charge < -0.3 is 24.2 Å². The van der Waals surface area contributed by atoms with E-state index in [0.29, 0.717) is 18.9 Å². The number of hydrogen-bond donors (Lipinski definition) is 1. The van der Waals surface area contributed by atoms with E-state index in [1.165, 1.54) is 4.90 Å². The van der Waals surface area contributed by atoms with Gasteiger partial charge in [-0.3, -0.25) is 4.90 Å². The lowest BCUT2D eigenvalue weighted by Gasteiger charge is -2.28. The van der Waals surface area contributed by atoms with Crippen molar-refractivity contribution in [1.29, 1.82) is 0 Å². The Morgan fingerprint density at radius 3 is 2.41 bits per heavy atom. The summed E-state index contributed by atoms with van der Waals surface area (Å²) in [5.74, 6) is 0.917. The van der Waals surface area contributed by atoms with Gasteiger partial charge in [-0.15, -0.1) is 11.3 Å². The number of anilines is 2. The summed E-state index contributed by atoms with van der Waals surface area (Å²) < 4.78 is 17.7. The highest BCUT2D eigenvalue weighted by molar-refractivity contribution is 7.21. The number of aromatic nitrogens is 2. The zero-order chi connectivity index (χ0) is 29.2. The monoisotopic (exact) mass is 578 g/mol. The van der Waals surface area contributed by atoms with E-state index >= 15 is 0 Å². The van der Waals surface area contributed by atoms with Crippen LogP contribution < -0.4 is 9.80 Å². The van der Waals surface area contributed by atoms with Crippen molar-refractivity contribution < 1.29 is 24.1 Å². The summed E-state index contributed by atoms with van der Waals surface area (Å²) in [5, 5.41) is 9.78. The lowest BCUT2D eigenvalue weighted by Crippen LogP contribution is -2.41. The maximum atomic E-state index is 13.1. The van der Waals surface area contributed by atoms with Crippen LogP contribution in [0.5, 0.6) is 0 Å². The van der Waals surface area contributed by atoms with E-state index < -0.39 is 12.3 Å². The molecule has 0 saturated heterocycles. The molecule has 1 N–H and O–H groups in total. The van der Waals surface area contributed by atoms with E-state index in [4.69, 9.17) is 24.3 Å². The third-order valence-electron chi connectivity index (χ3n) is 6.43. The van der Waals surface area contributed by atoms with Crippen molar-refractivity contribution in [2.45, 2.75) is 32.9 Å². The number of fused-ring (bicyclic) bond motifs is 1. The van der Waals surface area contributed by atoms with Crippen LogP contribution in [0.4, 0.5) is 16.3 Å². The van der Waals surface area contributed by atoms with Crippen molar-refractivity contribution in [3.63, 3.8) is 0 Å². The fourth-order valence-electron chi connectivity index (χ4n) is 4.17. The van der Waals surface area contributed by atoms with Gasteiger partial charge in [-0.1, -0.05) is 37.6 Å². The molecule has 2 aromatic heterocycles. The molecular formula is C31H38N4O5S. The van der Waals surface area contributed by atoms with Crippen molar-refractivity contribution >= 4 is 39.2 Å². The summed E-state index contributed by atoms with van der Waals surface area (Å²) >= 11 is 1.57. The van der Waals surface area contributed by atoms with Gasteiger partial charge in [0.05, 0.1) is 48.9 Å². The van der Waals surface area contributed by atoms with Gasteiger partial charge in [-0.25, -0.2) is 14.8 Å². The second-order valence-electron chi connectivity index (χ2n) is 9.69. The van der Waals surface area contributed by atoms with Crippen LogP contribution in [0, 0.1) is 0 Å². The van der Waals surface area contributed by atoms with Crippen LogP contribution in [0.25, 0.3) is 31.9 Å². The van der Waals surface area contributed by atoms with Gasteiger partial charge in [0.1, 0.15) is 17.1 Å². The molecule has 9 nitrogen and oxygen atoms in total. The molecule has 4 aromatic rings. The average molecular weight is 579 g/mol. The number of ether oxygens (including phenoxy) is 3. The molecule has 0 radical (unpaired) electrons. The molecule has 0 aliphatic rings. The first-order valence-corrected chi connectivity index (χ1v) is 14.6. The number of benzene rings is 2. The van der Waals surface area contributed by atoms with Crippen LogP contribution in [-0.2, 0) is 14.2 Å². The fraction of sp³-hybridized carbons (Fsp3) is 0.387. The minimum atomic E-state index is -0.583. The van der Waals surface area contributed by atoms with Gasteiger partial charge >= 0.3 is 6.09 Å². The third-order valence-corrected chi connectivity index (χ3v) is 7.49. The molecule has 2 heterocycles. The lowest BCUT2D eigenvalue weighted by molar-refractivity contribution is 0.00273. The number of hydrogen-bond acceptors (Lipinski definition) is 9. The van der Waals surface area contributed by atoms with E-state index in [2.05, 4.69) is 35.3 Å². The van der Waals surface area contributed by atoms with Gasteiger partial charge in [0.25, 0.3) is 0 Å². The molecule has 0 aliphatic heterocycles. The highest BCUT2D eigenvalue weighted by atomic mass is 32.1. The van der Waals surface area contributed by atoms with E-state index in [0.717, 1.165) is 50.6 Å². The molecule has 41 heavy (non-hydrogen) atoms. The number of pyridine rings is 1. The van der Waals surface area contributed by atoms with Gasteiger partial charge in [0.2, 0.25) is 0 Å². The summed E-state index contributed by atoms with van der Waals surface area (Å²) in [6.07, 6.45) is 2.56. The molecule has 218 valence electrons. The molecule has 1 atom stereocenters. The fourth-order valence-corrected chi connectivity index (χ4v) is 5.17. The molecule has 10 heteroatoms. The highest BCUT2D eigenvalue weighted by Crippen LogP contribution is 2.34. The summed E-state index contributed by atoms with van der Waals surface area (Å²) in [5.41, 5.74) is 4.68. The van der Waals surface area contributed by atoms with Crippen LogP contribution in [0.3, 0.4) is 0 Å². The van der Waals surface area contributed by atoms with Crippen molar-refractivity contribution in [2.24, 2.45) is 0 Å². The molecule has 0 saturated carbocycles. The largest absolute Gasteiger partial charge is 0.449 e. The van der Waals surface area contributed by atoms with Gasteiger partial charge in [-0.05, 0) is 49.2 Å². The summed E-state index contributed by atoms with van der Waals surface area (Å²) in [6.45, 7) is 4.99. The van der Waals surface area contributed by atoms with Gasteiger partial charge in [0, 0.05) is 31.4 Å². The molecular weight excluding hydrogens is 540 g/mol. The van der Waals surface area contributed by atoms with Crippen LogP contribution in [-0.4, -0.2) is 74.5 Å². The quantitative estimate of drug-likeness (QED) is 0.139. The average Bonchev–Trinajstić information content (AvgIpc) is 3.41. The van der Waals surface area contributed by atoms with E-state index in [1.807, 2.05) is 56.4 Å². The Kier molecular flexibility index (Phi) is 11.0. The first kappa shape index (κ1) is 30.4. The topological polar surface area (TPSA) is 97.3 Å². The predicted octanol–water partition coefficient (Wildman–Crippen LogP) is 6.21. The second kappa shape index (κ2) is 14.9. The van der Waals surface area contributed by atoms with Crippen LogP contribution in [0.2, 0.25) is 0 Å². The first-order valence-electron chi connectivity index (χ1n) is 13.8. The number of amides is 1. The SMILES string of the molecule is CCCCOC(=O)N(c1ccc2nc(-c3ccc(-c4ccc(N(C)C)nc4)cc3)sc2c1)C(C)OCCOCCO. The van der Waals surface area contributed by atoms with E-state index in [-0.39, 0.29) is 19.8 Å². The minimum absolute atomic E-state index is 0.0469. The number of thiazole rings is 1. The van der Waals surface area contributed by atoms with Crippen molar-refractivity contribution in [3.05, 3.63) is 60.8 Å². The standard InChI is InChI=1S/C31H38N4O5S/c1-5-6-16-40-31(37)35(22(2)39-19-18-38-17-15-36)26-12-13-27-28(20-26)41-30(33-27)24-9-7-23(8-10-24)25-11-14-29(32-21-25)34(3)4/h7-14,20-22,36H,5-6,15-19H2,1-4H3. The normalized spacial score (nSPS) is 11.9. The molecule has 4 rings (SSSR count). The Morgan fingerprint density at radius 2 is 1.73 bits per heavy atom. The summed E-state index contributed by atoms with van der Waals surface area (Å²) in [6, 6.07) is 18.1. The smallest absolute Gasteiger partial charge is 0.416 e. The number of aliphatic hydroxyl groups is 1. The molecule has 0 aliphatic carbocycles. The lowest BCUT2D eigenvalue weighted by atomic mass is 10.1. The highest BCUT2D eigenvalue weighted by Gasteiger charge is 2.25. The first-order chi connectivity index (χ1) is 19.9. The van der Waals surface area contributed by atoms with Gasteiger partial charge in [0.15, 0.2) is 0 Å². The zero-order valence-electron chi connectivity index (χ0n) is 24.1. The Hall–Kier alpha value is -3.57. The van der Waals surface area contributed by atoms with Crippen molar-refractivity contribution in [2.75, 3.05) is 56.9 Å². The van der Waals surface area contributed by atoms with Gasteiger partial charge in [-0.2, -0.15) is 0 Å². The number of rotatable bonds is 14. The number of unbranched alkanes of at least 4 members (excludes halogenated alkanes) is 1. The Labute approximate surface area is 245 Å². The second-order valence-corrected chi connectivity index (χ2v) is 10.7. The molecule has 2 aromatic carbocycles. The molecule has 0 fully saturated rings. The molecule has 1 unspecified atom stereocenters. The van der Waals surface area contributed by atoms with E-state index in [9.17, 15) is 4.79 Å². The maximum absolute atomic E-state index is 13.1. The Balaban J connectivity index is 1.53. The number of carbonyl (C=O) groups is 1. The Bertz CT molecular complexity index is 1390. The Morgan fingerprint density at radius 1 is 0.976 bits per heavy atom. The number of nitrogens with zero attached hydrogens (tertiary/aromatic N) is 4. The molecule has 0 spiro atoms. The summed E-state index contributed by atoms with van der Waals surface area (Å²) in [7, 11) is 3.95. The van der Waals surface area contributed by atoms with E-state index in [1.54, 1.807) is 18.3 Å². The third kappa shape index (κ3) is 8.01. The summed E-state index contributed by atoms with van der Waals surface area (Å²) in [4.78, 5) is 26.0. The number of carbonyl (C=O) groups excluding carboxylic acids is 1. The molecule has 0 bridgehead atoms. The van der Waals surface area contributed by atoms with Crippen LogP contribution in [0.15, 0.2) is 60.8 Å². The van der Waals surface area contributed by atoms with Crippen LogP contribution >= 0.6 is 11.3 Å². The minimum Gasteiger partial charge on any atom is -0.449 e.